The smallest absolute Gasteiger partial charge is 0.239 e. The Morgan fingerprint density at radius 3 is 2.82 bits per heavy atom. The van der Waals surface area contributed by atoms with Gasteiger partial charge in [0.25, 0.3) is 0 Å². The topological polar surface area (TPSA) is 77.9 Å². The van der Waals surface area contributed by atoms with Gasteiger partial charge in [0.05, 0.1) is 19.3 Å². The molecule has 1 aromatic heterocycles. The molecule has 22 heavy (non-hydrogen) atoms. The molecule has 2 unspecified atom stereocenters. The van der Waals surface area contributed by atoms with Crippen molar-refractivity contribution in [2.45, 2.75) is 18.6 Å². The van der Waals surface area contributed by atoms with Crippen LogP contribution in [0.3, 0.4) is 0 Å². The van der Waals surface area contributed by atoms with Crippen LogP contribution in [-0.4, -0.2) is 72.9 Å². The number of piperazine rings is 1. The molecule has 0 bridgehead atoms. The first-order chi connectivity index (χ1) is 10.7. The molecule has 0 saturated carbocycles. The van der Waals surface area contributed by atoms with Gasteiger partial charge < -0.3 is 25.0 Å². The fraction of sp³-hybridized carbons (Fsp3) is 0.600. The van der Waals surface area contributed by atoms with Crippen molar-refractivity contribution < 1.29 is 14.6 Å². The van der Waals surface area contributed by atoms with Crippen molar-refractivity contribution in [2.75, 3.05) is 44.7 Å². The molecule has 2 aliphatic rings. The molecule has 120 valence electrons. The molecule has 0 radical (unpaired) electrons. The van der Waals surface area contributed by atoms with Crippen molar-refractivity contribution in [1.29, 1.82) is 0 Å². The maximum atomic E-state index is 12.4. The number of amides is 1. The van der Waals surface area contributed by atoms with E-state index >= 15 is 0 Å². The van der Waals surface area contributed by atoms with Gasteiger partial charge in [-0.2, -0.15) is 0 Å². The van der Waals surface area contributed by atoms with E-state index in [1.807, 2.05) is 17.0 Å². The summed E-state index contributed by atoms with van der Waals surface area (Å²) in [5.41, 5.74) is 0. The molecule has 2 atom stereocenters. The first kappa shape index (κ1) is 15.1. The molecule has 2 fully saturated rings. The Bertz CT molecular complexity index is 531. The second-order valence-electron chi connectivity index (χ2n) is 5.72. The number of pyridine rings is 1. The SMILES string of the molecule is COc1ccnc(N2CCN(C(=O)C3CC(O)CN3)CC2)c1. The van der Waals surface area contributed by atoms with Crippen LogP contribution >= 0.6 is 0 Å². The van der Waals surface area contributed by atoms with Gasteiger partial charge in [0.15, 0.2) is 0 Å². The van der Waals surface area contributed by atoms with Gasteiger partial charge in [0, 0.05) is 45.0 Å². The summed E-state index contributed by atoms with van der Waals surface area (Å²) in [7, 11) is 1.64. The summed E-state index contributed by atoms with van der Waals surface area (Å²) in [6.07, 6.45) is 1.84. The second-order valence-corrected chi connectivity index (χ2v) is 5.72. The quantitative estimate of drug-likeness (QED) is 0.781. The van der Waals surface area contributed by atoms with Gasteiger partial charge in [-0.1, -0.05) is 0 Å². The third-order valence-electron chi connectivity index (χ3n) is 4.27. The number of ether oxygens (including phenoxy) is 1. The Morgan fingerprint density at radius 1 is 1.41 bits per heavy atom. The summed E-state index contributed by atoms with van der Waals surface area (Å²) in [5.74, 6) is 1.75. The van der Waals surface area contributed by atoms with Crippen LogP contribution in [0.4, 0.5) is 5.82 Å². The van der Waals surface area contributed by atoms with Crippen molar-refractivity contribution in [3.8, 4) is 5.75 Å². The van der Waals surface area contributed by atoms with Crippen molar-refractivity contribution >= 4 is 11.7 Å². The zero-order chi connectivity index (χ0) is 15.5. The van der Waals surface area contributed by atoms with Gasteiger partial charge in [-0.15, -0.1) is 0 Å². The summed E-state index contributed by atoms with van der Waals surface area (Å²) in [6.45, 7) is 3.35. The lowest BCUT2D eigenvalue weighted by Gasteiger charge is -2.36. The summed E-state index contributed by atoms with van der Waals surface area (Å²) < 4.78 is 5.22. The van der Waals surface area contributed by atoms with E-state index in [1.54, 1.807) is 13.3 Å². The number of carbonyl (C=O) groups is 1. The van der Waals surface area contributed by atoms with Crippen LogP contribution in [0, 0.1) is 0 Å². The third kappa shape index (κ3) is 3.15. The third-order valence-corrected chi connectivity index (χ3v) is 4.27. The highest BCUT2D eigenvalue weighted by atomic mass is 16.5. The monoisotopic (exact) mass is 306 g/mol. The molecule has 0 aromatic carbocycles. The Hall–Kier alpha value is -1.86. The van der Waals surface area contributed by atoms with E-state index in [0.717, 1.165) is 24.7 Å². The van der Waals surface area contributed by atoms with E-state index in [2.05, 4.69) is 15.2 Å². The van der Waals surface area contributed by atoms with Crippen molar-refractivity contribution in [2.24, 2.45) is 0 Å². The van der Waals surface area contributed by atoms with Gasteiger partial charge in [0.1, 0.15) is 11.6 Å². The van der Waals surface area contributed by atoms with Gasteiger partial charge in [-0.3, -0.25) is 4.79 Å². The van der Waals surface area contributed by atoms with Crippen LogP contribution in [0.15, 0.2) is 18.3 Å². The minimum absolute atomic E-state index is 0.0924. The van der Waals surface area contributed by atoms with Gasteiger partial charge in [0.2, 0.25) is 5.91 Å². The molecular weight excluding hydrogens is 284 g/mol. The number of nitrogens with zero attached hydrogens (tertiary/aromatic N) is 3. The number of carbonyl (C=O) groups excluding carboxylic acids is 1. The number of aromatic nitrogens is 1. The van der Waals surface area contributed by atoms with E-state index in [4.69, 9.17) is 4.74 Å². The van der Waals surface area contributed by atoms with E-state index in [0.29, 0.717) is 26.1 Å². The van der Waals surface area contributed by atoms with E-state index < -0.39 is 6.10 Å². The summed E-state index contributed by atoms with van der Waals surface area (Å²) >= 11 is 0. The molecule has 3 heterocycles. The highest BCUT2D eigenvalue weighted by Crippen LogP contribution is 2.20. The molecule has 7 heteroatoms. The zero-order valence-electron chi connectivity index (χ0n) is 12.7. The molecule has 1 amide bonds. The lowest BCUT2D eigenvalue weighted by atomic mass is 10.1. The number of hydrogen-bond donors (Lipinski definition) is 2. The Labute approximate surface area is 129 Å². The van der Waals surface area contributed by atoms with Crippen molar-refractivity contribution in [3.05, 3.63) is 18.3 Å². The van der Waals surface area contributed by atoms with Crippen LogP contribution < -0.4 is 15.0 Å². The van der Waals surface area contributed by atoms with Crippen LogP contribution in [0.25, 0.3) is 0 Å². The highest BCUT2D eigenvalue weighted by molar-refractivity contribution is 5.82. The van der Waals surface area contributed by atoms with Crippen LogP contribution in [-0.2, 0) is 4.79 Å². The Morgan fingerprint density at radius 2 is 2.18 bits per heavy atom. The average Bonchev–Trinajstić information content (AvgIpc) is 3.01. The summed E-state index contributed by atoms with van der Waals surface area (Å²) in [4.78, 5) is 20.8. The maximum Gasteiger partial charge on any atom is 0.239 e. The molecule has 2 aliphatic heterocycles. The number of rotatable bonds is 3. The second kappa shape index (κ2) is 6.50. The van der Waals surface area contributed by atoms with Gasteiger partial charge in [-0.25, -0.2) is 4.98 Å². The van der Waals surface area contributed by atoms with Crippen molar-refractivity contribution in [1.82, 2.24) is 15.2 Å². The van der Waals surface area contributed by atoms with Crippen LogP contribution in [0.2, 0.25) is 0 Å². The predicted molar refractivity (Wildman–Crippen MR) is 82.0 cm³/mol. The summed E-state index contributed by atoms with van der Waals surface area (Å²) in [6, 6.07) is 3.49. The normalized spacial score (nSPS) is 25.4. The molecule has 2 N–H and O–H groups in total. The fourth-order valence-corrected chi connectivity index (χ4v) is 2.98. The largest absolute Gasteiger partial charge is 0.497 e. The molecule has 2 saturated heterocycles. The number of hydrogen-bond acceptors (Lipinski definition) is 6. The summed E-state index contributed by atoms with van der Waals surface area (Å²) in [5, 5.41) is 12.6. The Balaban J connectivity index is 1.56. The van der Waals surface area contributed by atoms with Crippen LogP contribution in [0.5, 0.6) is 5.75 Å². The highest BCUT2D eigenvalue weighted by Gasteiger charge is 2.32. The number of anilines is 1. The minimum atomic E-state index is -0.406. The lowest BCUT2D eigenvalue weighted by molar-refractivity contribution is -0.133. The Kier molecular flexibility index (Phi) is 4.44. The molecule has 0 spiro atoms. The van der Waals surface area contributed by atoms with Gasteiger partial charge >= 0.3 is 0 Å². The minimum Gasteiger partial charge on any atom is -0.497 e. The first-order valence-corrected chi connectivity index (χ1v) is 7.62. The van der Waals surface area contributed by atoms with Crippen molar-refractivity contribution in [3.63, 3.8) is 0 Å². The fourth-order valence-electron chi connectivity index (χ4n) is 2.98. The number of aliphatic hydroxyl groups excluding tert-OH is 1. The number of nitrogens with one attached hydrogen (secondary N) is 1. The average molecular weight is 306 g/mol. The van der Waals surface area contributed by atoms with E-state index in [-0.39, 0.29) is 11.9 Å². The maximum absolute atomic E-state index is 12.4. The first-order valence-electron chi connectivity index (χ1n) is 7.62. The van der Waals surface area contributed by atoms with Gasteiger partial charge in [-0.05, 0) is 12.5 Å². The number of methoxy groups -OCH3 is 1. The predicted octanol–water partition coefficient (Wildman–Crippen LogP) is -0.538. The molecule has 1 aromatic rings. The molecular formula is C15H22N4O3. The van der Waals surface area contributed by atoms with Crippen LogP contribution in [0.1, 0.15) is 6.42 Å². The van der Waals surface area contributed by atoms with E-state index in [9.17, 15) is 9.90 Å². The molecule has 7 nitrogen and oxygen atoms in total. The molecule has 0 aliphatic carbocycles. The standard InChI is InChI=1S/C15H22N4O3/c1-22-12-2-3-16-14(9-12)18-4-6-19(7-5-18)15(21)13-8-11(20)10-17-13/h2-3,9,11,13,17,20H,4-8,10H2,1H3. The number of aliphatic hydroxyl groups is 1. The van der Waals surface area contributed by atoms with E-state index in [1.165, 1.54) is 0 Å². The zero-order valence-corrected chi connectivity index (χ0v) is 12.7. The number of β-amino-alcohol motifs (C(OH)–C–C–N with tert-alkyl or cyclic N) is 1. The molecule has 3 rings (SSSR count). The lowest BCUT2D eigenvalue weighted by Crippen LogP contribution is -2.53.